The van der Waals surface area contributed by atoms with Gasteiger partial charge in [0.15, 0.2) is 0 Å². The van der Waals surface area contributed by atoms with Gasteiger partial charge < -0.3 is 20.2 Å². The molecule has 0 aromatic carbocycles. The van der Waals surface area contributed by atoms with Crippen LogP contribution in [-0.4, -0.2) is 53.8 Å². The monoisotopic (exact) mass is 190 g/mol. The Hall–Kier alpha value is -0.160. The molecule has 0 aliphatic carbocycles. The number of likely N-dealkylation sites (tertiary alicyclic amines) is 1. The summed E-state index contributed by atoms with van der Waals surface area (Å²) in [7, 11) is 0. The number of hydrogen-bond donors (Lipinski definition) is 4. The van der Waals surface area contributed by atoms with Crippen molar-refractivity contribution in [3.8, 4) is 0 Å². The molecule has 0 radical (unpaired) electrons. The third kappa shape index (κ3) is 3.23. The molecule has 4 nitrogen and oxygen atoms in total. The molecule has 0 saturated carbocycles. The Labute approximate surface area is 78.8 Å². The summed E-state index contributed by atoms with van der Waals surface area (Å²) in [6.45, 7) is 1.57. The van der Waals surface area contributed by atoms with Crippen molar-refractivity contribution in [2.45, 2.75) is 31.4 Å². The number of aliphatic hydroxyl groups is 3. The quantitative estimate of drug-likeness (QED) is 0.406. The van der Waals surface area contributed by atoms with E-state index >= 15 is 0 Å². The van der Waals surface area contributed by atoms with E-state index in [0.29, 0.717) is 6.54 Å². The second-order valence-corrected chi connectivity index (χ2v) is 3.82. The molecule has 4 N–H and O–H groups in total. The lowest BCUT2D eigenvalue weighted by Gasteiger charge is -2.32. The molecule has 1 heterocycles. The highest BCUT2D eigenvalue weighted by molar-refractivity contribution is 4.61. The van der Waals surface area contributed by atoms with Crippen molar-refractivity contribution in [3.05, 3.63) is 0 Å². The Morgan fingerprint density at radius 1 is 1.31 bits per heavy atom. The Morgan fingerprint density at radius 2 is 2.08 bits per heavy atom. The van der Waals surface area contributed by atoms with Crippen LogP contribution < -0.4 is 4.90 Å². The van der Waals surface area contributed by atoms with Crippen LogP contribution in [0.25, 0.3) is 0 Å². The summed E-state index contributed by atoms with van der Waals surface area (Å²) in [5, 5.41) is 27.1. The third-order valence-electron chi connectivity index (χ3n) is 2.81. The van der Waals surface area contributed by atoms with Gasteiger partial charge in [-0.05, 0) is 12.8 Å². The zero-order valence-corrected chi connectivity index (χ0v) is 7.95. The number of aliphatic hydroxyl groups excluding tert-OH is 3. The lowest BCUT2D eigenvalue weighted by atomic mass is 10.0. The van der Waals surface area contributed by atoms with Crippen LogP contribution in [0.5, 0.6) is 0 Å². The summed E-state index contributed by atoms with van der Waals surface area (Å²) in [6, 6.07) is 0.259. The van der Waals surface area contributed by atoms with Gasteiger partial charge in [-0.3, -0.25) is 0 Å². The largest absolute Gasteiger partial charge is 0.393 e. The van der Waals surface area contributed by atoms with E-state index in [0.717, 1.165) is 19.4 Å². The number of hydrogen-bond acceptors (Lipinski definition) is 3. The second-order valence-electron chi connectivity index (χ2n) is 3.82. The highest BCUT2D eigenvalue weighted by atomic mass is 16.3. The van der Waals surface area contributed by atoms with E-state index in [2.05, 4.69) is 0 Å². The predicted octanol–water partition coefficient (Wildman–Crippen LogP) is -2.23. The average Bonchev–Trinajstić information content (AvgIpc) is 2.18. The average molecular weight is 190 g/mol. The maximum absolute atomic E-state index is 9.27. The summed E-state index contributed by atoms with van der Waals surface area (Å²) in [5.41, 5.74) is 0. The second kappa shape index (κ2) is 5.54. The van der Waals surface area contributed by atoms with Crippen molar-refractivity contribution in [1.82, 2.24) is 0 Å². The Balaban J connectivity index is 2.35. The van der Waals surface area contributed by atoms with Gasteiger partial charge in [0.25, 0.3) is 0 Å². The SMILES string of the molecule is OC[C@@H](O)C[NH+]1CCCC[C@H]1CO. The molecule has 3 atom stereocenters. The van der Waals surface area contributed by atoms with Crippen LogP contribution in [0.4, 0.5) is 0 Å². The first-order valence-corrected chi connectivity index (χ1v) is 5.02. The normalized spacial score (nSPS) is 31.6. The molecule has 1 saturated heterocycles. The van der Waals surface area contributed by atoms with Crippen LogP contribution >= 0.6 is 0 Å². The van der Waals surface area contributed by atoms with Gasteiger partial charge in [-0.1, -0.05) is 0 Å². The topological polar surface area (TPSA) is 65.1 Å². The molecule has 78 valence electrons. The molecule has 4 heteroatoms. The fourth-order valence-corrected chi connectivity index (χ4v) is 2.01. The summed E-state index contributed by atoms with van der Waals surface area (Å²) >= 11 is 0. The van der Waals surface area contributed by atoms with Crippen molar-refractivity contribution in [2.75, 3.05) is 26.3 Å². The molecule has 0 amide bonds. The van der Waals surface area contributed by atoms with Crippen molar-refractivity contribution in [1.29, 1.82) is 0 Å². The van der Waals surface area contributed by atoms with E-state index in [9.17, 15) is 5.11 Å². The zero-order valence-electron chi connectivity index (χ0n) is 7.95. The van der Waals surface area contributed by atoms with E-state index in [1.807, 2.05) is 0 Å². The standard InChI is InChI=1S/C9H19NO3/c11-6-8-3-1-2-4-10(8)5-9(13)7-12/h8-9,11-13H,1-7H2/p+1/t8-,9-/m0/s1. The minimum atomic E-state index is -0.637. The summed E-state index contributed by atoms with van der Waals surface area (Å²) in [5.74, 6) is 0. The lowest BCUT2D eigenvalue weighted by molar-refractivity contribution is -0.933. The molecule has 1 aliphatic rings. The molecule has 0 aromatic heterocycles. The van der Waals surface area contributed by atoms with Crippen LogP contribution in [0.3, 0.4) is 0 Å². The van der Waals surface area contributed by atoms with E-state index in [-0.39, 0.29) is 19.3 Å². The molecule has 1 unspecified atom stereocenters. The lowest BCUT2D eigenvalue weighted by Crippen LogP contribution is -3.18. The van der Waals surface area contributed by atoms with Crippen LogP contribution in [0.1, 0.15) is 19.3 Å². The van der Waals surface area contributed by atoms with Gasteiger partial charge in [-0.25, -0.2) is 0 Å². The predicted molar refractivity (Wildman–Crippen MR) is 48.5 cm³/mol. The van der Waals surface area contributed by atoms with Crippen molar-refractivity contribution in [3.63, 3.8) is 0 Å². The zero-order chi connectivity index (χ0) is 9.68. The van der Waals surface area contributed by atoms with Crippen LogP contribution in [0.15, 0.2) is 0 Å². The van der Waals surface area contributed by atoms with Gasteiger partial charge in [0.1, 0.15) is 18.7 Å². The Bertz CT molecular complexity index is 143. The maximum Gasteiger partial charge on any atom is 0.126 e. The first-order chi connectivity index (χ1) is 6.27. The van der Waals surface area contributed by atoms with Crippen LogP contribution in [0.2, 0.25) is 0 Å². The molecule has 1 fully saturated rings. The van der Waals surface area contributed by atoms with Crippen LogP contribution in [0, 0.1) is 0 Å². The smallest absolute Gasteiger partial charge is 0.126 e. The van der Waals surface area contributed by atoms with Crippen molar-refractivity contribution in [2.24, 2.45) is 0 Å². The van der Waals surface area contributed by atoms with E-state index < -0.39 is 6.10 Å². The van der Waals surface area contributed by atoms with E-state index in [4.69, 9.17) is 10.2 Å². The first-order valence-electron chi connectivity index (χ1n) is 5.02. The van der Waals surface area contributed by atoms with Crippen molar-refractivity contribution < 1.29 is 20.2 Å². The molecule has 0 aromatic rings. The minimum absolute atomic E-state index is 0.179. The number of nitrogens with one attached hydrogen (secondary N) is 1. The van der Waals surface area contributed by atoms with E-state index in [1.165, 1.54) is 11.3 Å². The van der Waals surface area contributed by atoms with Gasteiger partial charge in [-0.2, -0.15) is 0 Å². The number of rotatable bonds is 4. The summed E-state index contributed by atoms with van der Waals surface area (Å²) in [4.78, 5) is 1.23. The fraction of sp³-hybridized carbons (Fsp3) is 1.00. The molecular weight excluding hydrogens is 170 g/mol. The molecule has 13 heavy (non-hydrogen) atoms. The third-order valence-corrected chi connectivity index (χ3v) is 2.81. The first kappa shape index (κ1) is 10.9. The maximum atomic E-state index is 9.27. The van der Waals surface area contributed by atoms with Gasteiger partial charge in [-0.15, -0.1) is 0 Å². The minimum Gasteiger partial charge on any atom is -0.393 e. The van der Waals surface area contributed by atoms with E-state index in [1.54, 1.807) is 0 Å². The Morgan fingerprint density at radius 3 is 2.69 bits per heavy atom. The molecule has 1 aliphatic heterocycles. The number of quaternary nitrogens is 1. The summed E-state index contributed by atoms with van der Waals surface area (Å²) in [6.07, 6.45) is 2.72. The molecule has 0 bridgehead atoms. The highest BCUT2D eigenvalue weighted by Gasteiger charge is 2.26. The van der Waals surface area contributed by atoms with Crippen LogP contribution in [-0.2, 0) is 0 Å². The van der Waals surface area contributed by atoms with Crippen molar-refractivity contribution >= 4 is 0 Å². The van der Waals surface area contributed by atoms with Gasteiger partial charge in [0.2, 0.25) is 0 Å². The molecule has 0 spiro atoms. The Kier molecular flexibility index (Phi) is 4.66. The fourth-order valence-electron chi connectivity index (χ4n) is 2.01. The highest BCUT2D eigenvalue weighted by Crippen LogP contribution is 2.02. The summed E-state index contributed by atoms with van der Waals surface area (Å²) < 4.78 is 0. The van der Waals surface area contributed by atoms with Gasteiger partial charge in [0, 0.05) is 6.42 Å². The molecule has 1 rings (SSSR count). The molecular formula is C9H20NO3+. The van der Waals surface area contributed by atoms with Gasteiger partial charge in [0.05, 0.1) is 19.8 Å². The number of piperidine rings is 1. The van der Waals surface area contributed by atoms with Gasteiger partial charge >= 0.3 is 0 Å².